The van der Waals surface area contributed by atoms with Gasteiger partial charge in [0.15, 0.2) is 34.6 Å². The number of rotatable bonds is 14. The molecule has 0 unspecified atom stereocenters. The van der Waals surface area contributed by atoms with Gasteiger partial charge in [0.05, 0.1) is 27.2 Å². The molecule has 33 heavy (non-hydrogen) atoms. The first-order valence-electron chi connectivity index (χ1n) is 10.7. The van der Waals surface area contributed by atoms with E-state index in [9.17, 15) is 9.59 Å². The molecule has 0 bridgehead atoms. The minimum absolute atomic E-state index is 0.226. The quantitative estimate of drug-likeness (QED) is 0.340. The summed E-state index contributed by atoms with van der Waals surface area (Å²) in [5, 5.41) is 0. The lowest BCUT2D eigenvalue weighted by Crippen LogP contribution is -2.11. The molecule has 0 atom stereocenters. The van der Waals surface area contributed by atoms with Gasteiger partial charge in [-0.25, -0.2) is 0 Å². The Hall–Kier alpha value is -3.58. The summed E-state index contributed by atoms with van der Waals surface area (Å²) < 4.78 is 21.8. The van der Waals surface area contributed by atoms with E-state index in [-0.39, 0.29) is 18.0 Å². The summed E-state index contributed by atoms with van der Waals surface area (Å²) in [7, 11) is 3.10. The molecule has 176 valence electrons. The molecule has 7 heteroatoms. The monoisotopic (exact) mass is 453 g/mol. The first kappa shape index (κ1) is 25.7. The van der Waals surface area contributed by atoms with Crippen molar-refractivity contribution in [1.29, 1.82) is 0 Å². The lowest BCUT2D eigenvalue weighted by atomic mass is 10.1. The molecular weight excluding hydrogens is 422 g/mol. The van der Waals surface area contributed by atoms with Gasteiger partial charge in [-0.3, -0.25) is 9.59 Å². The van der Waals surface area contributed by atoms with Crippen LogP contribution in [0, 0.1) is 0 Å². The van der Waals surface area contributed by atoms with Crippen LogP contribution in [-0.2, 0) is 9.59 Å². The van der Waals surface area contributed by atoms with Crippen LogP contribution in [0.25, 0.3) is 12.2 Å². The van der Waals surface area contributed by atoms with Crippen LogP contribution >= 0.6 is 0 Å². The van der Waals surface area contributed by atoms with Crippen LogP contribution in [0.3, 0.4) is 0 Å². The van der Waals surface area contributed by atoms with E-state index < -0.39 is 0 Å². The van der Waals surface area contributed by atoms with Crippen LogP contribution in [0.5, 0.6) is 23.0 Å². The molecule has 0 aliphatic carbocycles. The first-order valence-corrected chi connectivity index (χ1v) is 10.7. The molecule has 0 aliphatic heterocycles. The summed E-state index contributed by atoms with van der Waals surface area (Å²) in [6, 6.07) is 10.7. The third-order valence-corrected chi connectivity index (χ3v) is 4.48. The Kier molecular flexibility index (Phi) is 10.7. The number of benzene rings is 2. The second-order valence-electron chi connectivity index (χ2n) is 7.08. The maximum atomic E-state index is 12.2. The summed E-state index contributed by atoms with van der Waals surface area (Å²) in [6.45, 7) is 3.40. The van der Waals surface area contributed by atoms with Crippen molar-refractivity contribution in [3.63, 3.8) is 0 Å². The Balaban J connectivity index is 1.95. The number of carbonyl (C=O) groups is 2. The Bertz CT molecular complexity index is 917. The molecule has 0 fully saturated rings. The number of nitrogens with two attached hydrogens (primary N) is 1. The molecule has 2 rings (SSSR count). The standard InChI is InChI=1S/C26H31NO6/c1-4-14-32-23-11-7-19(16-25(23)30-2)5-9-21(28)18-22(29)10-6-20-8-12-24(33-15-13-27)26(17-20)31-3/h5-12,16-17H,4,13-15,18,27H2,1-3H3/b9-5+,10-6+. The molecule has 2 aromatic rings. The van der Waals surface area contributed by atoms with Crippen molar-refractivity contribution in [2.45, 2.75) is 19.8 Å². The van der Waals surface area contributed by atoms with Crippen LogP contribution in [0.4, 0.5) is 0 Å². The van der Waals surface area contributed by atoms with Gasteiger partial charge >= 0.3 is 0 Å². The van der Waals surface area contributed by atoms with Gasteiger partial charge in [-0.05, 0) is 54.0 Å². The molecule has 0 aliphatic rings. The van der Waals surface area contributed by atoms with Gasteiger partial charge in [-0.15, -0.1) is 0 Å². The fourth-order valence-corrected chi connectivity index (χ4v) is 2.86. The van der Waals surface area contributed by atoms with Gasteiger partial charge in [0.25, 0.3) is 0 Å². The van der Waals surface area contributed by atoms with E-state index in [1.807, 2.05) is 13.0 Å². The smallest absolute Gasteiger partial charge is 0.163 e. The maximum absolute atomic E-state index is 12.2. The Morgan fingerprint density at radius 3 is 1.70 bits per heavy atom. The average molecular weight is 454 g/mol. The number of methoxy groups -OCH3 is 2. The number of ether oxygens (including phenoxy) is 4. The molecule has 0 spiro atoms. The van der Waals surface area contributed by atoms with E-state index in [2.05, 4.69) is 0 Å². The predicted octanol–water partition coefficient (Wildman–Crippen LogP) is 4.09. The van der Waals surface area contributed by atoms with Crippen molar-refractivity contribution in [2.75, 3.05) is 34.0 Å². The molecule has 2 N–H and O–H groups in total. The van der Waals surface area contributed by atoms with Gasteiger partial charge in [0, 0.05) is 6.54 Å². The summed E-state index contributed by atoms with van der Waals surface area (Å²) in [6.07, 6.45) is 6.72. The van der Waals surface area contributed by atoms with Gasteiger partial charge in [0.1, 0.15) is 6.61 Å². The number of allylic oxidation sites excluding steroid dienone is 2. The summed E-state index contributed by atoms with van der Waals surface area (Å²) >= 11 is 0. The van der Waals surface area contributed by atoms with E-state index in [0.29, 0.717) is 42.8 Å². The molecule has 7 nitrogen and oxygen atoms in total. The van der Waals surface area contributed by atoms with Crippen LogP contribution in [0.15, 0.2) is 48.6 Å². The zero-order valence-electron chi connectivity index (χ0n) is 19.3. The minimum atomic E-state index is -0.298. The minimum Gasteiger partial charge on any atom is -0.493 e. The summed E-state index contributed by atoms with van der Waals surface area (Å²) in [4.78, 5) is 24.4. The fraction of sp³-hybridized carbons (Fsp3) is 0.308. The number of hydrogen-bond acceptors (Lipinski definition) is 7. The van der Waals surface area contributed by atoms with Crippen molar-refractivity contribution in [2.24, 2.45) is 5.73 Å². The van der Waals surface area contributed by atoms with E-state index in [4.69, 9.17) is 24.7 Å². The highest BCUT2D eigenvalue weighted by Crippen LogP contribution is 2.29. The van der Waals surface area contributed by atoms with Crippen molar-refractivity contribution >= 4 is 23.7 Å². The van der Waals surface area contributed by atoms with E-state index in [1.165, 1.54) is 19.3 Å². The normalized spacial score (nSPS) is 11.0. The molecule has 0 amide bonds. The van der Waals surface area contributed by atoms with Crippen molar-refractivity contribution in [3.05, 3.63) is 59.7 Å². The Labute approximate surface area is 194 Å². The average Bonchev–Trinajstić information content (AvgIpc) is 2.83. The maximum Gasteiger partial charge on any atom is 0.163 e. The van der Waals surface area contributed by atoms with E-state index in [0.717, 1.165) is 17.5 Å². The topological polar surface area (TPSA) is 97.1 Å². The van der Waals surface area contributed by atoms with Crippen LogP contribution in [-0.4, -0.2) is 45.5 Å². The Morgan fingerprint density at radius 2 is 1.27 bits per heavy atom. The lowest BCUT2D eigenvalue weighted by Gasteiger charge is -2.10. The van der Waals surface area contributed by atoms with Crippen molar-refractivity contribution in [1.82, 2.24) is 0 Å². The molecular formula is C26H31NO6. The summed E-state index contributed by atoms with van der Waals surface area (Å²) in [5.74, 6) is 1.77. The fourth-order valence-electron chi connectivity index (χ4n) is 2.86. The van der Waals surface area contributed by atoms with Crippen LogP contribution in [0.1, 0.15) is 30.9 Å². The molecule has 2 aromatic carbocycles. The second-order valence-corrected chi connectivity index (χ2v) is 7.08. The molecule has 0 heterocycles. The highest BCUT2D eigenvalue weighted by Gasteiger charge is 2.08. The van der Waals surface area contributed by atoms with E-state index >= 15 is 0 Å². The highest BCUT2D eigenvalue weighted by atomic mass is 16.5. The lowest BCUT2D eigenvalue weighted by molar-refractivity contribution is -0.121. The zero-order valence-corrected chi connectivity index (χ0v) is 19.3. The molecule has 0 radical (unpaired) electrons. The van der Waals surface area contributed by atoms with Crippen molar-refractivity contribution in [3.8, 4) is 23.0 Å². The van der Waals surface area contributed by atoms with E-state index in [1.54, 1.807) is 49.6 Å². The Morgan fingerprint density at radius 1 is 0.788 bits per heavy atom. The largest absolute Gasteiger partial charge is 0.493 e. The summed E-state index contributed by atoms with van der Waals surface area (Å²) in [5.41, 5.74) is 6.98. The number of hydrogen-bond donors (Lipinski definition) is 1. The third-order valence-electron chi connectivity index (χ3n) is 4.48. The van der Waals surface area contributed by atoms with Gasteiger partial charge in [-0.1, -0.05) is 31.2 Å². The number of ketones is 2. The van der Waals surface area contributed by atoms with Gasteiger partial charge < -0.3 is 24.7 Å². The molecule has 0 aromatic heterocycles. The third kappa shape index (κ3) is 8.46. The SMILES string of the molecule is CCCOc1ccc(/C=C/C(=O)CC(=O)/C=C/c2ccc(OCCN)c(OC)c2)cc1OC. The highest BCUT2D eigenvalue weighted by molar-refractivity contribution is 6.10. The first-order chi connectivity index (χ1) is 16.0. The number of carbonyl (C=O) groups excluding carboxylic acids is 2. The van der Waals surface area contributed by atoms with Gasteiger partial charge in [0.2, 0.25) is 0 Å². The van der Waals surface area contributed by atoms with Gasteiger partial charge in [-0.2, -0.15) is 0 Å². The zero-order chi connectivity index (χ0) is 24.1. The van der Waals surface area contributed by atoms with Crippen molar-refractivity contribution < 1.29 is 28.5 Å². The molecule has 0 saturated carbocycles. The molecule has 0 saturated heterocycles. The second kappa shape index (κ2) is 13.8. The predicted molar refractivity (Wildman–Crippen MR) is 129 cm³/mol. The van der Waals surface area contributed by atoms with Crippen LogP contribution in [0.2, 0.25) is 0 Å². The van der Waals surface area contributed by atoms with Crippen LogP contribution < -0.4 is 24.7 Å².